The van der Waals surface area contributed by atoms with Gasteiger partial charge >= 0.3 is 6.09 Å². The molecule has 5 heteroatoms. The third-order valence-corrected chi connectivity index (χ3v) is 2.54. The van der Waals surface area contributed by atoms with Crippen LogP contribution >= 0.6 is 0 Å². The summed E-state index contributed by atoms with van der Waals surface area (Å²) in [5.41, 5.74) is 1.95. The second-order valence-electron chi connectivity index (χ2n) is 3.77. The number of nitriles is 1. The highest BCUT2D eigenvalue weighted by Gasteiger charge is 2.06. The Labute approximate surface area is 104 Å². The zero-order valence-corrected chi connectivity index (χ0v) is 9.77. The SMILES string of the molecule is N#CCCNC(=O)OCc1c[nH]c2ccccc12. The Kier molecular flexibility index (Phi) is 3.82. The molecular formula is C13H13N3O2. The number of hydrogen-bond donors (Lipinski definition) is 2. The minimum Gasteiger partial charge on any atom is -0.445 e. The maximum atomic E-state index is 11.3. The second-order valence-corrected chi connectivity index (χ2v) is 3.77. The molecule has 0 radical (unpaired) electrons. The summed E-state index contributed by atoms with van der Waals surface area (Å²) >= 11 is 0. The molecule has 1 aromatic carbocycles. The Balaban J connectivity index is 1.90. The molecular weight excluding hydrogens is 230 g/mol. The van der Waals surface area contributed by atoms with Crippen LogP contribution in [0.5, 0.6) is 0 Å². The molecule has 0 fully saturated rings. The van der Waals surface area contributed by atoms with Crippen molar-refractivity contribution in [2.45, 2.75) is 13.0 Å². The maximum Gasteiger partial charge on any atom is 0.407 e. The smallest absolute Gasteiger partial charge is 0.407 e. The standard InChI is InChI=1S/C13H13N3O2/c14-6-3-7-15-13(17)18-9-10-8-16-12-5-2-1-4-11(10)12/h1-2,4-5,8,16H,3,7,9H2,(H,15,17). The highest BCUT2D eigenvalue weighted by Crippen LogP contribution is 2.18. The topological polar surface area (TPSA) is 77.9 Å². The Morgan fingerprint density at radius 1 is 1.44 bits per heavy atom. The fraction of sp³-hybridized carbons (Fsp3) is 0.231. The number of carbonyl (C=O) groups excluding carboxylic acids is 1. The number of amides is 1. The molecule has 1 aromatic heterocycles. The fourth-order valence-electron chi connectivity index (χ4n) is 1.67. The average Bonchev–Trinajstić information content (AvgIpc) is 2.80. The lowest BCUT2D eigenvalue weighted by atomic mass is 10.2. The average molecular weight is 243 g/mol. The van der Waals surface area contributed by atoms with E-state index in [1.54, 1.807) is 0 Å². The first-order valence-corrected chi connectivity index (χ1v) is 5.64. The van der Waals surface area contributed by atoms with Crippen molar-refractivity contribution in [1.29, 1.82) is 5.26 Å². The summed E-state index contributed by atoms with van der Waals surface area (Å²) in [6.07, 6.45) is 1.60. The van der Waals surface area contributed by atoms with Crippen LogP contribution in [0.1, 0.15) is 12.0 Å². The predicted octanol–water partition coefficient (Wildman–Crippen LogP) is 2.31. The third kappa shape index (κ3) is 2.80. The van der Waals surface area contributed by atoms with E-state index in [9.17, 15) is 4.79 Å². The van der Waals surface area contributed by atoms with Crippen molar-refractivity contribution in [3.05, 3.63) is 36.0 Å². The molecule has 18 heavy (non-hydrogen) atoms. The van der Waals surface area contributed by atoms with Crippen LogP contribution in [0.3, 0.4) is 0 Å². The van der Waals surface area contributed by atoms with Crippen LogP contribution in [-0.2, 0) is 11.3 Å². The van der Waals surface area contributed by atoms with Crippen molar-refractivity contribution < 1.29 is 9.53 Å². The van der Waals surface area contributed by atoms with Crippen LogP contribution < -0.4 is 5.32 Å². The zero-order chi connectivity index (χ0) is 12.8. The summed E-state index contributed by atoms with van der Waals surface area (Å²) < 4.78 is 5.06. The van der Waals surface area contributed by atoms with Crippen LogP contribution in [0.2, 0.25) is 0 Å². The van der Waals surface area contributed by atoms with E-state index >= 15 is 0 Å². The summed E-state index contributed by atoms with van der Waals surface area (Å²) in [5.74, 6) is 0. The summed E-state index contributed by atoms with van der Waals surface area (Å²) in [6.45, 7) is 0.519. The molecule has 0 aliphatic carbocycles. The number of hydrogen-bond acceptors (Lipinski definition) is 3. The molecule has 1 heterocycles. The van der Waals surface area contributed by atoms with E-state index in [1.165, 1.54) is 0 Å². The van der Waals surface area contributed by atoms with Crippen molar-refractivity contribution in [2.75, 3.05) is 6.54 Å². The van der Waals surface area contributed by atoms with Crippen molar-refractivity contribution in [3.8, 4) is 6.07 Å². The zero-order valence-electron chi connectivity index (χ0n) is 9.77. The van der Waals surface area contributed by atoms with E-state index in [-0.39, 0.29) is 13.0 Å². The highest BCUT2D eigenvalue weighted by atomic mass is 16.5. The van der Waals surface area contributed by atoms with Crippen molar-refractivity contribution in [3.63, 3.8) is 0 Å². The lowest BCUT2D eigenvalue weighted by molar-refractivity contribution is 0.140. The van der Waals surface area contributed by atoms with Gasteiger partial charge in [-0.1, -0.05) is 18.2 Å². The van der Waals surface area contributed by atoms with E-state index < -0.39 is 6.09 Å². The number of alkyl carbamates (subject to hydrolysis) is 1. The number of H-pyrrole nitrogens is 1. The Morgan fingerprint density at radius 3 is 3.11 bits per heavy atom. The van der Waals surface area contributed by atoms with Gasteiger partial charge in [-0.2, -0.15) is 5.26 Å². The number of ether oxygens (including phenoxy) is 1. The minimum absolute atomic E-state index is 0.211. The maximum absolute atomic E-state index is 11.3. The normalized spacial score (nSPS) is 9.94. The minimum atomic E-state index is -0.504. The highest BCUT2D eigenvalue weighted by molar-refractivity contribution is 5.83. The van der Waals surface area contributed by atoms with Crippen LogP contribution in [0, 0.1) is 11.3 Å². The Bertz CT molecular complexity index is 583. The molecule has 2 rings (SSSR count). The molecule has 2 aromatic rings. The number of nitrogens with zero attached hydrogens (tertiary/aromatic N) is 1. The van der Waals surface area contributed by atoms with Gasteiger partial charge in [0.05, 0.1) is 12.5 Å². The van der Waals surface area contributed by atoms with E-state index in [0.717, 1.165) is 16.5 Å². The first kappa shape index (κ1) is 12.0. The van der Waals surface area contributed by atoms with Crippen molar-refractivity contribution in [2.24, 2.45) is 0 Å². The number of nitrogens with one attached hydrogen (secondary N) is 2. The number of para-hydroxylation sites is 1. The first-order valence-electron chi connectivity index (χ1n) is 5.64. The lowest BCUT2D eigenvalue weighted by Crippen LogP contribution is -2.24. The molecule has 0 bridgehead atoms. The molecule has 92 valence electrons. The molecule has 0 saturated carbocycles. The quantitative estimate of drug-likeness (QED) is 0.809. The molecule has 1 amide bonds. The van der Waals surface area contributed by atoms with E-state index in [4.69, 9.17) is 10.00 Å². The lowest BCUT2D eigenvalue weighted by Gasteiger charge is -2.04. The van der Waals surface area contributed by atoms with Gasteiger partial charge in [0.25, 0.3) is 0 Å². The van der Waals surface area contributed by atoms with E-state index in [0.29, 0.717) is 6.54 Å². The van der Waals surface area contributed by atoms with Gasteiger partial charge in [0.2, 0.25) is 0 Å². The molecule has 0 atom stereocenters. The third-order valence-electron chi connectivity index (χ3n) is 2.54. The van der Waals surface area contributed by atoms with Gasteiger partial charge < -0.3 is 15.0 Å². The molecule has 0 unspecified atom stereocenters. The largest absolute Gasteiger partial charge is 0.445 e. The van der Waals surface area contributed by atoms with Crippen LogP contribution in [0.15, 0.2) is 30.5 Å². The summed E-state index contributed by atoms with van der Waals surface area (Å²) in [4.78, 5) is 14.4. The monoisotopic (exact) mass is 243 g/mol. The molecule has 0 saturated heterocycles. The van der Waals surface area contributed by atoms with Crippen LogP contribution in [0.4, 0.5) is 4.79 Å². The van der Waals surface area contributed by atoms with Crippen molar-refractivity contribution in [1.82, 2.24) is 10.3 Å². The van der Waals surface area contributed by atoms with Gasteiger partial charge in [0, 0.05) is 29.2 Å². The summed E-state index contributed by atoms with van der Waals surface area (Å²) in [6, 6.07) is 9.76. The second kappa shape index (κ2) is 5.73. The summed E-state index contributed by atoms with van der Waals surface area (Å²) in [7, 11) is 0. The first-order chi connectivity index (χ1) is 8.81. The van der Waals surface area contributed by atoms with Gasteiger partial charge in [-0.3, -0.25) is 0 Å². The molecule has 5 nitrogen and oxygen atoms in total. The fourth-order valence-corrected chi connectivity index (χ4v) is 1.67. The van der Waals surface area contributed by atoms with Gasteiger partial charge in [-0.05, 0) is 6.07 Å². The molecule has 2 N–H and O–H groups in total. The summed E-state index contributed by atoms with van der Waals surface area (Å²) in [5, 5.41) is 11.9. The number of carbonyl (C=O) groups is 1. The van der Waals surface area contributed by atoms with Gasteiger partial charge in [-0.15, -0.1) is 0 Å². The Hall–Kier alpha value is -2.48. The molecule has 0 spiro atoms. The molecule has 0 aliphatic heterocycles. The number of rotatable bonds is 4. The van der Waals surface area contributed by atoms with Crippen LogP contribution in [0.25, 0.3) is 10.9 Å². The van der Waals surface area contributed by atoms with E-state index in [1.807, 2.05) is 36.5 Å². The van der Waals surface area contributed by atoms with Crippen molar-refractivity contribution >= 4 is 17.0 Å². The van der Waals surface area contributed by atoms with Gasteiger partial charge in [-0.25, -0.2) is 4.79 Å². The Morgan fingerprint density at radius 2 is 2.28 bits per heavy atom. The molecule has 0 aliphatic rings. The van der Waals surface area contributed by atoms with Crippen LogP contribution in [-0.4, -0.2) is 17.6 Å². The predicted molar refractivity (Wildman–Crippen MR) is 66.7 cm³/mol. The number of aromatic amines is 1. The number of aromatic nitrogens is 1. The number of fused-ring (bicyclic) bond motifs is 1. The van der Waals surface area contributed by atoms with E-state index in [2.05, 4.69) is 10.3 Å². The van der Waals surface area contributed by atoms with Gasteiger partial charge in [0.15, 0.2) is 0 Å². The van der Waals surface area contributed by atoms with Gasteiger partial charge in [0.1, 0.15) is 6.61 Å². The number of benzene rings is 1.